The average molecular weight is 254 g/mol. The minimum Gasteiger partial charge on any atom is -0.383 e. The van der Waals surface area contributed by atoms with Gasteiger partial charge >= 0.3 is 0 Å². The Bertz CT molecular complexity index is 337. The third kappa shape index (κ3) is 3.54. The normalized spacial score (nSPS) is 13.5. The van der Waals surface area contributed by atoms with Crippen LogP contribution in [0.25, 0.3) is 0 Å². The van der Waals surface area contributed by atoms with E-state index in [0.29, 0.717) is 12.6 Å². The number of nitrogens with zero attached hydrogens (tertiary/aromatic N) is 3. The van der Waals surface area contributed by atoms with Crippen molar-refractivity contribution in [1.82, 2.24) is 14.5 Å². The van der Waals surface area contributed by atoms with E-state index >= 15 is 0 Å². The van der Waals surface area contributed by atoms with E-state index in [9.17, 15) is 0 Å². The van der Waals surface area contributed by atoms with Crippen LogP contribution in [-0.4, -0.2) is 47.3 Å². The molecule has 104 valence electrons. The molecule has 0 aliphatic carbocycles. The molecule has 18 heavy (non-hydrogen) atoms. The van der Waals surface area contributed by atoms with E-state index < -0.39 is 0 Å². The summed E-state index contributed by atoms with van der Waals surface area (Å²) in [5, 5.41) is 0. The molecule has 2 N–H and O–H groups in total. The Kier molecular flexibility index (Phi) is 6.32. The van der Waals surface area contributed by atoms with E-state index in [1.165, 1.54) is 5.69 Å². The lowest BCUT2D eigenvalue weighted by Gasteiger charge is -2.34. The van der Waals surface area contributed by atoms with E-state index in [-0.39, 0.29) is 6.04 Å². The number of hydrogen-bond donors (Lipinski definition) is 1. The van der Waals surface area contributed by atoms with Crippen LogP contribution >= 0.6 is 0 Å². The van der Waals surface area contributed by atoms with Crippen LogP contribution in [0, 0.1) is 0 Å². The van der Waals surface area contributed by atoms with E-state index in [1.807, 2.05) is 12.5 Å². The number of hydrogen-bond acceptors (Lipinski definition) is 4. The molecule has 1 heterocycles. The Labute approximate surface area is 110 Å². The van der Waals surface area contributed by atoms with Gasteiger partial charge in [-0.1, -0.05) is 0 Å². The van der Waals surface area contributed by atoms with Gasteiger partial charge in [-0.15, -0.1) is 0 Å². The summed E-state index contributed by atoms with van der Waals surface area (Å²) < 4.78 is 7.34. The molecule has 0 spiro atoms. The fourth-order valence-electron chi connectivity index (χ4n) is 2.27. The van der Waals surface area contributed by atoms with E-state index in [1.54, 1.807) is 7.11 Å². The van der Waals surface area contributed by atoms with Gasteiger partial charge in [0.2, 0.25) is 0 Å². The number of methoxy groups -OCH3 is 1. The van der Waals surface area contributed by atoms with Crippen molar-refractivity contribution in [3.8, 4) is 0 Å². The zero-order chi connectivity index (χ0) is 13.5. The van der Waals surface area contributed by atoms with Crippen molar-refractivity contribution >= 4 is 0 Å². The maximum absolute atomic E-state index is 5.97. The third-order valence-corrected chi connectivity index (χ3v) is 3.27. The first-order valence-electron chi connectivity index (χ1n) is 6.60. The van der Waals surface area contributed by atoms with Gasteiger partial charge in [0.1, 0.15) is 0 Å². The van der Waals surface area contributed by atoms with E-state index in [0.717, 1.165) is 19.7 Å². The van der Waals surface area contributed by atoms with Gasteiger partial charge < -0.3 is 15.0 Å². The average Bonchev–Trinajstić information content (AvgIpc) is 2.82. The Balaban J connectivity index is 2.90. The molecule has 0 bridgehead atoms. The highest BCUT2D eigenvalue weighted by Gasteiger charge is 2.23. The highest BCUT2D eigenvalue weighted by atomic mass is 16.5. The monoisotopic (exact) mass is 254 g/mol. The van der Waals surface area contributed by atoms with Crippen LogP contribution in [0.4, 0.5) is 0 Å². The summed E-state index contributed by atoms with van der Waals surface area (Å²) >= 11 is 0. The highest BCUT2D eigenvalue weighted by molar-refractivity contribution is 5.07. The van der Waals surface area contributed by atoms with Crippen LogP contribution in [0.5, 0.6) is 0 Å². The first-order chi connectivity index (χ1) is 8.65. The SMILES string of the molecule is CCn1cncc1C(CN)N(CCOC)C(C)C. The second-order valence-electron chi connectivity index (χ2n) is 4.68. The smallest absolute Gasteiger partial charge is 0.0948 e. The molecule has 5 nitrogen and oxygen atoms in total. The number of ether oxygens (including phenoxy) is 1. The van der Waals surface area contributed by atoms with Crippen molar-refractivity contribution in [3.05, 3.63) is 18.2 Å². The van der Waals surface area contributed by atoms with Gasteiger partial charge in [0, 0.05) is 39.0 Å². The molecule has 0 radical (unpaired) electrons. The molecule has 1 aromatic rings. The molecular formula is C13H26N4O. The Hall–Kier alpha value is -0.910. The third-order valence-electron chi connectivity index (χ3n) is 3.27. The van der Waals surface area contributed by atoms with Crippen LogP contribution in [0.1, 0.15) is 32.5 Å². The fourth-order valence-corrected chi connectivity index (χ4v) is 2.27. The zero-order valence-electron chi connectivity index (χ0n) is 12.0. The van der Waals surface area contributed by atoms with Crippen molar-refractivity contribution in [1.29, 1.82) is 0 Å². The van der Waals surface area contributed by atoms with Crippen molar-refractivity contribution < 1.29 is 4.74 Å². The lowest BCUT2D eigenvalue weighted by Crippen LogP contribution is -2.41. The van der Waals surface area contributed by atoms with Crippen molar-refractivity contribution in [2.45, 2.75) is 39.4 Å². The van der Waals surface area contributed by atoms with Gasteiger partial charge in [-0.3, -0.25) is 4.90 Å². The van der Waals surface area contributed by atoms with Gasteiger partial charge in [0.15, 0.2) is 0 Å². The Morgan fingerprint density at radius 1 is 1.50 bits per heavy atom. The Morgan fingerprint density at radius 3 is 2.72 bits per heavy atom. The molecule has 0 saturated carbocycles. The fraction of sp³-hybridized carbons (Fsp3) is 0.769. The summed E-state index contributed by atoms with van der Waals surface area (Å²) in [4.78, 5) is 6.60. The first kappa shape index (κ1) is 15.1. The van der Waals surface area contributed by atoms with Crippen LogP contribution < -0.4 is 5.73 Å². The molecule has 1 rings (SSSR count). The maximum atomic E-state index is 5.97. The van der Waals surface area contributed by atoms with Gasteiger partial charge in [-0.2, -0.15) is 0 Å². The molecule has 0 aliphatic heterocycles. The van der Waals surface area contributed by atoms with Crippen LogP contribution in [-0.2, 0) is 11.3 Å². The van der Waals surface area contributed by atoms with Gasteiger partial charge in [-0.05, 0) is 20.8 Å². The van der Waals surface area contributed by atoms with E-state index in [4.69, 9.17) is 10.5 Å². The predicted molar refractivity (Wildman–Crippen MR) is 73.4 cm³/mol. The molecule has 1 aromatic heterocycles. The Morgan fingerprint density at radius 2 is 2.22 bits per heavy atom. The number of aromatic nitrogens is 2. The number of aryl methyl sites for hydroxylation is 1. The van der Waals surface area contributed by atoms with Crippen LogP contribution in [0.15, 0.2) is 12.5 Å². The van der Waals surface area contributed by atoms with Gasteiger partial charge in [0.25, 0.3) is 0 Å². The first-order valence-corrected chi connectivity index (χ1v) is 6.60. The minimum absolute atomic E-state index is 0.197. The predicted octanol–water partition coefficient (Wildman–Crippen LogP) is 1.26. The second kappa shape index (κ2) is 7.51. The van der Waals surface area contributed by atoms with Crippen molar-refractivity contribution in [2.75, 3.05) is 26.8 Å². The van der Waals surface area contributed by atoms with Gasteiger partial charge in [-0.25, -0.2) is 4.98 Å². The maximum Gasteiger partial charge on any atom is 0.0948 e. The summed E-state index contributed by atoms with van der Waals surface area (Å²) in [6.45, 7) is 9.60. The summed E-state index contributed by atoms with van der Waals surface area (Å²) in [7, 11) is 1.73. The van der Waals surface area contributed by atoms with Gasteiger partial charge in [0.05, 0.1) is 24.7 Å². The quantitative estimate of drug-likeness (QED) is 0.759. The summed E-state index contributed by atoms with van der Waals surface area (Å²) in [6, 6.07) is 0.622. The molecule has 1 atom stereocenters. The number of rotatable bonds is 8. The van der Waals surface area contributed by atoms with Crippen LogP contribution in [0.2, 0.25) is 0 Å². The zero-order valence-corrected chi connectivity index (χ0v) is 12.0. The summed E-state index contributed by atoms with van der Waals surface area (Å²) in [5.41, 5.74) is 7.16. The second-order valence-corrected chi connectivity index (χ2v) is 4.68. The topological polar surface area (TPSA) is 56.3 Å². The van der Waals surface area contributed by atoms with Crippen molar-refractivity contribution in [2.24, 2.45) is 5.73 Å². The largest absolute Gasteiger partial charge is 0.383 e. The van der Waals surface area contributed by atoms with Crippen molar-refractivity contribution in [3.63, 3.8) is 0 Å². The van der Waals surface area contributed by atoms with E-state index in [2.05, 4.69) is 35.2 Å². The number of nitrogens with two attached hydrogens (primary N) is 1. The summed E-state index contributed by atoms with van der Waals surface area (Å²) in [6.07, 6.45) is 3.79. The molecule has 0 fully saturated rings. The summed E-state index contributed by atoms with van der Waals surface area (Å²) in [5.74, 6) is 0. The molecule has 1 unspecified atom stereocenters. The minimum atomic E-state index is 0.197. The standard InChI is InChI=1S/C13H26N4O/c1-5-16-10-15-9-13(16)12(8-14)17(11(2)3)6-7-18-4/h9-12H,5-8,14H2,1-4H3. The highest BCUT2D eigenvalue weighted by Crippen LogP contribution is 2.21. The number of imidazole rings is 1. The lowest BCUT2D eigenvalue weighted by atomic mass is 10.1. The lowest BCUT2D eigenvalue weighted by molar-refractivity contribution is 0.0950. The molecular weight excluding hydrogens is 228 g/mol. The molecule has 0 aliphatic rings. The molecule has 0 saturated heterocycles. The molecule has 0 amide bonds. The van der Waals surface area contributed by atoms with Crippen LogP contribution in [0.3, 0.4) is 0 Å². The molecule has 0 aromatic carbocycles. The molecule has 5 heteroatoms.